The first-order chi connectivity index (χ1) is 6.79. The van der Waals surface area contributed by atoms with Crippen molar-refractivity contribution < 1.29 is 0 Å². The van der Waals surface area contributed by atoms with Crippen molar-refractivity contribution in [2.24, 2.45) is 0 Å². The third-order valence-corrected chi connectivity index (χ3v) is 2.50. The first-order valence-electron chi connectivity index (χ1n) is 4.84. The predicted octanol–water partition coefficient (Wildman–Crippen LogP) is 3.84. The molecule has 0 saturated carbocycles. The van der Waals surface area contributed by atoms with Crippen molar-refractivity contribution >= 4 is 22.4 Å². The molecular weight excluding hydrogens is 194 g/mol. The zero-order chi connectivity index (χ0) is 9.97. The maximum Gasteiger partial charge on any atom is 0.129 e. The lowest BCUT2D eigenvalue weighted by Gasteiger charge is -2.01. The van der Waals surface area contributed by atoms with Crippen LogP contribution in [-0.4, -0.2) is 4.98 Å². The van der Waals surface area contributed by atoms with Crippen LogP contribution in [-0.2, 0) is 6.42 Å². The highest BCUT2D eigenvalue weighted by Gasteiger charge is 1.97. The Morgan fingerprint density at radius 1 is 1.21 bits per heavy atom. The average Bonchev–Trinajstić information content (AvgIpc) is 2.17. The molecule has 0 atom stereocenters. The Bertz CT molecular complexity index is 451. The van der Waals surface area contributed by atoms with Crippen molar-refractivity contribution in [1.29, 1.82) is 0 Å². The lowest BCUT2D eigenvalue weighted by atomic mass is 10.1. The number of rotatable bonds is 2. The molecule has 0 saturated heterocycles. The van der Waals surface area contributed by atoms with Crippen LogP contribution in [0.2, 0.25) is 5.15 Å². The van der Waals surface area contributed by atoms with Gasteiger partial charge in [0.05, 0.1) is 0 Å². The van der Waals surface area contributed by atoms with Crippen LogP contribution in [0, 0.1) is 0 Å². The number of halogens is 1. The van der Waals surface area contributed by atoms with Crippen LogP contribution < -0.4 is 0 Å². The number of hydrogen-bond acceptors (Lipinski definition) is 1. The zero-order valence-corrected chi connectivity index (χ0v) is 8.88. The van der Waals surface area contributed by atoms with E-state index in [4.69, 9.17) is 11.6 Å². The molecule has 0 N–H and O–H groups in total. The molecule has 0 bridgehead atoms. The predicted molar refractivity (Wildman–Crippen MR) is 60.7 cm³/mol. The summed E-state index contributed by atoms with van der Waals surface area (Å²) in [4.78, 5) is 4.05. The number of nitrogens with zero attached hydrogens (tertiary/aromatic N) is 1. The maximum absolute atomic E-state index is 5.84. The average molecular weight is 206 g/mol. The van der Waals surface area contributed by atoms with Crippen LogP contribution in [0.15, 0.2) is 30.5 Å². The standard InChI is InChI=1S/C12H12ClN/c1-2-3-9-4-5-10-8-14-12(13)7-11(10)6-9/h4-8H,2-3H2,1H3. The van der Waals surface area contributed by atoms with Gasteiger partial charge in [-0.15, -0.1) is 0 Å². The molecule has 0 aliphatic heterocycles. The smallest absolute Gasteiger partial charge is 0.129 e. The lowest BCUT2D eigenvalue weighted by molar-refractivity contribution is 0.923. The fraction of sp³-hybridized carbons (Fsp3) is 0.250. The summed E-state index contributed by atoms with van der Waals surface area (Å²) in [6, 6.07) is 8.35. The molecule has 0 radical (unpaired) electrons. The lowest BCUT2D eigenvalue weighted by Crippen LogP contribution is -1.84. The van der Waals surface area contributed by atoms with E-state index in [0.29, 0.717) is 5.15 Å². The van der Waals surface area contributed by atoms with Crippen LogP contribution in [0.1, 0.15) is 18.9 Å². The first kappa shape index (κ1) is 9.47. The van der Waals surface area contributed by atoms with Crippen molar-refractivity contribution in [2.45, 2.75) is 19.8 Å². The van der Waals surface area contributed by atoms with Gasteiger partial charge in [-0.3, -0.25) is 0 Å². The Morgan fingerprint density at radius 3 is 2.86 bits per heavy atom. The van der Waals surface area contributed by atoms with E-state index in [1.165, 1.54) is 17.4 Å². The molecule has 72 valence electrons. The Balaban J connectivity index is 2.52. The number of fused-ring (bicyclic) bond motifs is 1. The van der Waals surface area contributed by atoms with Gasteiger partial charge in [-0.2, -0.15) is 0 Å². The summed E-state index contributed by atoms with van der Waals surface area (Å²) in [7, 11) is 0. The highest BCUT2D eigenvalue weighted by Crippen LogP contribution is 2.19. The highest BCUT2D eigenvalue weighted by molar-refractivity contribution is 6.30. The SMILES string of the molecule is CCCc1ccc2cnc(Cl)cc2c1. The molecule has 1 heterocycles. The second-order valence-corrected chi connectivity index (χ2v) is 3.83. The van der Waals surface area contributed by atoms with E-state index in [1.54, 1.807) is 0 Å². The number of aryl methyl sites for hydroxylation is 1. The van der Waals surface area contributed by atoms with Gasteiger partial charge >= 0.3 is 0 Å². The van der Waals surface area contributed by atoms with Gasteiger partial charge < -0.3 is 0 Å². The van der Waals surface area contributed by atoms with E-state index in [9.17, 15) is 0 Å². The molecule has 0 fully saturated rings. The van der Waals surface area contributed by atoms with E-state index >= 15 is 0 Å². The molecule has 2 aromatic rings. The first-order valence-corrected chi connectivity index (χ1v) is 5.21. The molecule has 1 nitrogen and oxygen atoms in total. The Kier molecular flexibility index (Phi) is 2.69. The van der Waals surface area contributed by atoms with Crippen LogP contribution in [0.25, 0.3) is 10.8 Å². The summed E-state index contributed by atoms with van der Waals surface area (Å²) in [5.41, 5.74) is 1.36. The summed E-state index contributed by atoms with van der Waals surface area (Å²) in [5, 5.41) is 2.89. The van der Waals surface area contributed by atoms with E-state index in [2.05, 4.69) is 30.1 Å². The number of benzene rings is 1. The molecule has 0 amide bonds. The Morgan fingerprint density at radius 2 is 2.07 bits per heavy atom. The largest absolute Gasteiger partial charge is 0.244 e. The van der Waals surface area contributed by atoms with Gasteiger partial charge in [0.1, 0.15) is 5.15 Å². The summed E-state index contributed by atoms with van der Waals surface area (Å²) < 4.78 is 0. The van der Waals surface area contributed by atoms with Crippen molar-refractivity contribution in [3.8, 4) is 0 Å². The molecule has 0 spiro atoms. The summed E-state index contributed by atoms with van der Waals surface area (Å²) >= 11 is 5.84. The molecule has 1 aromatic carbocycles. The molecule has 0 aliphatic carbocycles. The second-order valence-electron chi connectivity index (χ2n) is 3.44. The number of hydrogen-bond donors (Lipinski definition) is 0. The molecule has 2 heteroatoms. The second kappa shape index (κ2) is 3.97. The van der Waals surface area contributed by atoms with Crippen LogP contribution in [0.4, 0.5) is 0 Å². The highest BCUT2D eigenvalue weighted by atomic mass is 35.5. The van der Waals surface area contributed by atoms with Crippen LogP contribution in [0.5, 0.6) is 0 Å². The van der Waals surface area contributed by atoms with Gasteiger partial charge in [-0.25, -0.2) is 4.98 Å². The fourth-order valence-corrected chi connectivity index (χ4v) is 1.77. The van der Waals surface area contributed by atoms with Crippen molar-refractivity contribution in [2.75, 3.05) is 0 Å². The minimum absolute atomic E-state index is 0.561. The zero-order valence-electron chi connectivity index (χ0n) is 8.13. The topological polar surface area (TPSA) is 12.9 Å². The molecule has 1 aromatic heterocycles. The van der Waals surface area contributed by atoms with Gasteiger partial charge in [0.25, 0.3) is 0 Å². The summed E-state index contributed by atoms with van der Waals surface area (Å²) in [6.07, 6.45) is 4.10. The van der Waals surface area contributed by atoms with Crippen molar-refractivity contribution in [3.63, 3.8) is 0 Å². The van der Waals surface area contributed by atoms with Gasteiger partial charge in [0.15, 0.2) is 0 Å². The Labute approximate surface area is 88.7 Å². The van der Waals surface area contributed by atoms with Crippen LogP contribution in [0.3, 0.4) is 0 Å². The van der Waals surface area contributed by atoms with E-state index in [1.807, 2.05) is 12.3 Å². The van der Waals surface area contributed by atoms with E-state index < -0.39 is 0 Å². The third kappa shape index (κ3) is 1.88. The molecule has 0 unspecified atom stereocenters. The van der Waals surface area contributed by atoms with Crippen molar-refractivity contribution in [1.82, 2.24) is 4.98 Å². The molecule has 14 heavy (non-hydrogen) atoms. The number of aromatic nitrogens is 1. The quantitative estimate of drug-likeness (QED) is 0.679. The van der Waals surface area contributed by atoms with Crippen molar-refractivity contribution in [3.05, 3.63) is 41.2 Å². The van der Waals surface area contributed by atoms with Gasteiger partial charge in [0.2, 0.25) is 0 Å². The van der Waals surface area contributed by atoms with Crippen LogP contribution >= 0.6 is 11.6 Å². The number of pyridine rings is 1. The van der Waals surface area contributed by atoms with Gasteiger partial charge in [-0.05, 0) is 23.4 Å². The Hall–Kier alpha value is -1.08. The summed E-state index contributed by atoms with van der Waals surface area (Å²) in [6.45, 7) is 2.18. The van der Waals surface area contributed by atoms with Gasteiger partial charge in [-0.1, -0.05) is 43.1 Å². The third-order valence-electron chi connectivity index (χ3n) is 2.29. The normalized spacial score (nSPS) is 10.7. The monoisotopic (exact) mass is 205 g/mol. The minimum atomic E-state index is 0.561. The molecule has 2 rings (SSSR count). The summed E-state index contributed by atoms with van der Waals surface area (Å²) in [5.74, 6) is 0. The van der Waals surface area contributed by atoms with Gasteiger partial charge in [0, 0.05) is 11.6 Å². The molecular formula is C12H12ClN. The van der Waals surface area contributed by atoms with E-state index in [-0.39, 0.29) is 0 Å². The maximum atomic E-state index is 5.84. The molecule has 0 aliphatic rings. The fourth-order valence-electron chi connectivity index (χ4n) is 1.61. The van der Waals surface area contributed by atoms with E-state index in [0.717, 1.165) is 11.8 Å². The minimum Gasteiger partial charge on any atom is -0.244 e.